The van der Waals surface area contributed by atoms with Crippen LogP contribution in [0.15, 0.2) is 126 Å². The van der Waals surface area contributed by atoms with Gasteiger partial charge in [-0.05, 0) is 11.6 Å². The Labute approximate surface area is 294 Å². The SMILES string of the molecule is [Cu].c1ccc(CSc2cccc3c4nc5nc(nc6[nH]c(nc7nc(nc([nH]4)c23)-c2ccccc2-7)c2ccccc62)-c2ccccc2-5)cc1. The number of fused-ring (bicyclic) bond motifs is 20. The van der Waals surface area contributed by atoms with E-state index in [1.807, 2.05) is 78.9 Å². The molecule has 0 atom stereocenters. The molecule has 2 aliphatic rings. The van der Waals surface area contributed by atoms with Gasteiger partial charge in [-0.15, -0.1) is 11.8 Å². The van der Waals surface area contributed by atoms with E-state index in [2.05, 4.69) is 52.4 Å². The van der Waals surface area contributed by atoms with E-state index in [1.165, 1.54) is 5.56 Å². The topological polar surface area (TPSA) is 109 Å². The Morgan fingerprint density at radius 1 is 0.408 bits per heavy atom. The molecule has 2 aliphatic heterocycles. The van der Waals surface area contributed by atoms with Gasteiger partial charge in [0.1, 0.15) is 22.6 Å². The molecule has 10 heteroatoms. The number of hydrogen-bond acceptors (Lipinski definition) is 7. The minimum atomic E-state index is 0. The number of thioether (sulfide) groups is 1. The monoisotopic (exact) mass is 699 g/mol. The summed E-state index contributed by atoms with van der Waals surface area (Å²) < 4.78 is 0. The fourth-order valence-corrected chi connectivity index (χ4v) is 7.55. The number of H-pyrrole nitrogens is 2. The van der Waals surface area contributed by atoms with E-state index in [-0.39, 0.29) is 17.1 Å². The van der Waals surface area contributed by atoms with Crippen molar-refractivity contribution >= 4 is 55.9 Å². The fraction of sp³-hybridized carbons (Fsp3) is 0.0256. The van der Waals surface area contributed by atoms with E-state index in [9.17, 15) is 0 Å². The fourth-order valence-electron chi connectivity index (χ4n) is 6.51. The van der Waals surface area contributed by atoms with Crippen LogP contribution in [0.2, 0.25) is 0 Å². The molecule has 0 fully saturated rings. The Morgan fingerprint density at radius 3 is 1.39 bits per heavy atom. The molecule has 0 saturated heterocycles. The van der Waals surface area contributed by atoms with Crippen molar-refractivity contribution < 1.29 is 17.1 Å². The van der Waals surface area contributed by atoms with Gasteiger partial charge in [0.25, 0.3) is 0 Å². The number of nitrogens with one attached hydrogen (secondary N) is 2. The largest absolute Gasteiger partial charge is 0.324 e. The van der Waals surface area contributed by atoms with E-state index >= 15 is 0 Å². The van der Waals surface area contributed by atoms with Crippen LogP contribution in [-0.2, 0) is 22.8 Å². The van der Waals surface area contributed by atoms with Gasteiger partial charge in [-0.2, -0.15) is 0 Å². The quantitative estimate of drug-likeness (QED) is 0.140. The molecular weight excluding hydrogens is 676 g/mol. The second-order valence-corrected chi connectivity index (χ2v) is 12.7. The summed E-state index contributed by atoms with van der Waals surface area (Å²) >= 11 is 1.78. The Balaban J connectivity index is 0.00000325. The molecule has 2 N–H and O–H groups in total. The van der Waals surface area contributed by atoms with E-state index in [0.29, 0.717) is 45.9 Å². The van der Waals surface area contributed by atoms with Crippen LogP contribution in [0, 0.1) is 0 Å². The molecule has 8 bridgehead atoms. The first-order valence-electron chi connectivity index (χ1n) is 15.7. The maximum atomic E-state index is 5.22. The van der Waals surface area contributed by atoms with Crippen LogP contribution in [0.1, 0.15) is 5.56 Å². The van der Waals surface area contributed by atoms with Gasteiger partial charge in [0, 0.05) is 71.5 Å². The molecule has 0 saturated carbocycles. The molecule has 0 unspecified atom stereocenters. The first-order valence-corrected chi connectivity index (χ1v) is 16.7. The Hall–Kier alpha value is -5.67. The van der Waals surface area contributed by atoms with Crippen molar-refractivity contribution in [3.8, 4) is 45.6 Å². The van der Waals surface area contributed by atoms with Crippen molar-refractivity contribution in [2.24, 2.45) is 0 Å². The van der Waals surface area contributed by atoms with Crippen LogP contribution in [0.25, 0.3) is 89.7 Å². The van der Waals surface area contributed by atoms with Gasteiger partial charge in [-0.25, -0.2) is 29.9 Å². The molecule has 0 aliphatic carbocycles. The van der Waals surface area contributed by atoms with Gasteiger partial charge in [-0.1, -0.05) is 115 Å². The number of aromatic nitrogens is 8. The average molecular weight is 700 g/mol. The molecule has 10 rings (SSSR count). The molecule has 8 aromatic rings. The minimum Gasteiger partial charge on any atom is -0.324 e. The van der Waals surface area contributed by atoms with Crippen LogP contribution < -0.4 is 0 Å². The summed E-state index contributed by atoms with van der Waals surface area (Å²) in [5.74, 6) is 3.19. The molecule has 3 aromatic heterocycles. The summed E-state index contributed by atoms with van der Waals surface area (Å²) in [6, 6.07) is 41.1. The third-order valence-corrected chi connectivity index (χ3v) is 9.91. The van der Waals surface area contributed by atoms with Crippen molar-refractivity contribution in [3.63, 3.8) is 0 Å². The van der Waals surface area contributed by atoms with Gasteiger partial charge in [0.15, 0.2) is 23.3 Å². The summed E-state index contributed by atoms with van der Waals surface area (Å²) in [7, 11) is 0. The smallest absolute Gasteiger partial charge is 0.164 e. The zero-order chi connectivity index (χ0) is 31.6. The van der Waals surface area contributed by atoms with Crippen LogP contribution in [0.3, 0.4) is 0 Å². The number of hydrogen-bond donors (Lipinski definition) is 2. The van der Waals surface area contributed by atoms with Gasteiger partial charge in [0.05, 0.1) is 0 Å². The molecule has 49 heavy (non-hydrogen) atoms. The van der Waals surface area contributed by atoms with E-state index in [4.69, 9.17) is 29.9 Å². The third kappa shape index (κ3) is 4.92. The summed E-state index contributed by atoms with van der Waals surface area (Å²) in [5, 5.41) is 3.85. The zero-order valence-electron chi connectivity index (χ0n) is 25.6. The van der Waals surface area contributed by atoms with Crippen LogP contribution in [0.4, 0.5) is 0 Å². The summed E-state index contributed by atoms with van der Waals surface area (Å²) in [6.07, 6.45) is 0. The van der Waals surface area contributed by atoms with E-state index in [1.54, 1.807) is 11.8 Å². The molecule has 0 spiro atoms. The molecular formula is C39H24CuN8S. The standard InChI is InChI=1S/C39H24N8S.Cu/c1-2-11-22(12-3-1)21-48-30-20-10-19-29-31(30)39-46-37-28-18-9-8-17-27(28)35(44-37)42-33-24-14-5-4-13-23(24)32(40-33)41-34-25-15-6-7-16-26(25)36(43-34)45-38(29)47-39;/h1-20H,21H2,(H2,40,41,42,43,44,45,46,47);. The van der Waals surface area contributed by atoms with E-state index < -0.39 is 0 Å². The summed E-state index contributed by atoms with van der Waals surface area (Å²) in [6.45, 7) is 0. The molecule has 8 nitrogen and oxygen atoms in total. The van der Waals surface area contributed by atoms with Crippen molar-refractivity contribution in [2.45, 2.75) is 10.6 Å². The molecule has 5 heterocycles. The van der Waals surface area contributed by atoms with Crippen LogP contribution in [-0.4, -0.2) is 39.9 Å². The second-order valence-electron chi connectivity index (χ2n) is 11.7. The number of aromatic amines is 2. The predicted molar refractivity (Wildman–Crippen MR) is 192 cm³/mol. The predicted octanol–water partition coefficient (Wildman–Crippen LogP) is 9.16. The van der Waals surface area contributed by atoms with Gasteiger partial charge in [-0.3, -0.25) is 0 Å². The Morgan fingerprint density at radius 2 is 0.837 bits per heavy atom. The normalized spacial score (nSPS) is 11.7. The number of rotatable bonds is 3. The van der Waals surface area contributed by atoms with E-state index in [0.717, 1.165) is 54.4 Å². The minimum absolute atomic E-state index is 0. The van der Waals surface area contributed by atoms with Crippen LogP contribution >= 0.6 is 11.8 Å². The third-order valence-electron chi connectivity index (χ3n) is 8.78. The molecule has 237 valence electrons. The van der Waals surface area contributed by atoms with Gasteiger partial charge >= 0.3 is 0 Å². The zero-order valence-corrected chi connectivity index (χ0v) is 27.4. The van der Waals surface area contributed by atoms with Crippen molar-refractivity contribution in [3.05, 3.63) is 127 Å². The van der Waals surface area contributed by atoms with Crippen LogP contribution in [0.5, 0.6) is 0 Å². The maximum absolute atomic E-state index is 5.22. The number of benzene rings is 5. The van der Waals surface area contributed by atoms with Crippen molar-refractivity contribution in [1.29, 1.82) is 0 Å². The van der Waals surface area contributed by atoms with Crippen molar-refractivity contribution in [2.75, 3.05) is 0 Å². The second kappa shape index (κ2) is 11.8. The van der Waals surface area contributed by atoms with Gasteiger partial charge < -0.3 is 9.97 Å². The average Bonchev–Trinajstić information content (AvgIpc) is 3.87. The maximum Gasteiger partial charge on any atom is 0.164 e. The first-order chi connectivity index (χ1) is 23.8. The Bertz CT molecular complexity index is 2750. The number of nitrogens with zero attached hydrogens (tertiary/aromatic N) is 6. The van der Waals surface area contributed by atoms with Gasteiger partial charge in [0.2, 0.25) is 0 Å². The molecule has 1 radical (unpaired) electrons. The summed E-state index contributed by atoms with van der Waals surface area (Å²) in [5.41, 5.74) is 7.67. The Kier molecular flexibility index (Phi) is 7.09. The molecule has 0 amide bonds. The summed E-state index contributed by atoms with van der Waals surface area (Å²) in [4.78, 5) is 38.7. The van der Waals surface area contributed by atoms with Crippen molar-refractivity contribution in [1.82, 2.24) is 39.9 Å². The molecule has 5 aromatic carbocycles. The first kappa shape index (κ1) is 29.5.